The fourth-order valence-electron chi connectivity index (χ4n) is 2.83. The average Bonchev–Trinajstić information content (AvgIpc) is 2.88. The molecule has 0 aliphatic carbocycles. The van der Waals surface area contributed by atoms with Crippen LogP contribution in [0.5, 0.6) is 0 Å². The summed E-state index contributed by atoms with van der Waals surface area (Å²) in [5, 5.41) is 9.04. The van der Waals surface area contributed by atoms with Crippen molar-refractivity contribution in [2.45, 2.75) is 20.8 Å². The molecule has 0 radical (unpaired) electrons. The molecule has 0 saturated heterocycles. The van der Waals surface area contributed by atoms with E-state index in [1.54, 1.807) is 24.4 Å². The smallest absolute Gasteiger partial charge is 0.335 e. The van der Waals surface area contributed by atoms with Crippen LogP contribution in [0.1, 0.15) is 32.9 Å². The van der Waals surface area contributed by atoms with E-state index in [4.69, 9.17) is 5.11 Å². The highest BCUT2D eigenvalue weighted by Gasteiger charge is 2.10. The molecule has 1 N–H and O–H groups in total. The van der Waals surface area contributed by atoms with Crippen LogP contribution in [0, 0.1) is 20.8 Å². The Morgan fingerprint density at radius 1 is 1.16 bits per heavy atom. The summed E-state index contributed by atoms with van der Waals surface area (Å²) in [5.41, 5.74) is 4.99. The molecule has 3 aromatic rings. The standard InChI is InChI=1S/C20H19N3O2/c1-13-10-16(20(24)25)7-8-18(13)22-12-17-11-14(2)23(15(17)3)19-6-4-5-9-21-19/h4-12H,1-3H3,(H,24,25). The van der Waals surface area contributed by atoms with Crippen LogP contribution in [0.3, 0.4) is 0 Å². The first kappa shape index (κ1) is 16.6. The van der Waals surface area contributed by atoms with Gasteiger partial charge < -0.3 is 9.67 Å². The molecule has 0 saturated carbocycles. The average molecular weight is 333 g/mol. The van der Waals surface area contributed by atoms with Crippen LogP contribution in [0.4, 0.5) is 5.69 Å². The number of carbonyl (C=O) groups is 1. The zero-order valence-corrected chi connectivity index (χ0v) is 14.4. The summed E-state index contributed by atoms with van der Waals surface area (Å²) >= 11 is 0. The number of hydrogen-bond acceptors (Lipinski definition) is 3. The molecule has 3 rings (SSSR count). The monoisotopic (exact) mass is 333 g/mol. The lowest BCUT2D eigenvalue weighted by Crippen LogP contribution is -2.01. The quantitative estimate of drug-likeness (QED) is 0.726. The normalized spacial score (nSPS) is 11.2. The summed E-state index contributed by atoms with van der Waals surface area (Å²) < 4.78 is 2.09. The molecular weight excluding hydrogens is 314 g/mol. The highest BCUT2D eigenvalue weighted by molar-refractivity contribution is 5.89. The van der Waals surface area contributed by atoms with Gasteiger partial charge >= 0.3 is 5.97 Å². The number of aliphatic imine (C=N–C) groups is 1. The largest absolute Gasteiger partial charge is 0.478 e. The van der Waals surface area contributed by atoms with E-state index in [2.05, 4.69) is 20.6 Å². The molecule has 126 valence electrons. The highest BCUT2D eigenvalue weighted by Crippen LogP contribution is 2.22. The molecule has 2 aromatic heterocycles. The molecule has 0 spiro atoms. The van der Waals surface area contributed by atoms with Gasteiger partial charge in [0.25, 0.3) is 0 Å². The van der Waals surface area contributed by atoms with Crippen molar-refractivity contribution in [2.24, 2.45) is 4.99 Å². The van der Waals surface area contributed by atoms with Gasteiger partial charge in [0.2, 0.25) is 0 Å². The number of aromatic nitrogens is 2. The van der Waals surface area contributed by atoms with E-state index in [1.165, 1.54) is 0 Å². The van der Waals surface area contributed by atoms with Gasteiger partial charge in [0, 0.05) is 29.4 Å². The number of aromatic carboxylic acids is 1. The van der Waals surface area contributed by atoms with Crippen molar-refractivity contribution in [3.05, 3.63) is 76.7 Å². The van der Waals surface area contributed by atoms with Crippen LogP contribution < -0.4 is 0 Å². The van der Waals surface area contributed by atoms with Crippen LogP contribution in [0.25, 0.3) is 5.82 Å². The van der Waals surface area contributed by atoms with E-state index in [9.17, 15) is 4.79 Å². The van der Waals surface area contributed by atoms with Crippen LogP contribution in [-0.2, 0) is 0 Å². The lowest BCUT2D eigenvalue weighted by molar-refractivity contribution is 0.0697. The van der Waals surface area contributed by atoms with Crippen LogP contribution in [0.2, 0.25) is 0 Å². The first-order chi connectivity index (χ1) is 12.0. The lowest BCUT2D eigenvalue weighted by Gasteiger charge is -2.07. The number of benzene rings is 1. The number of rotatable bonds is 4. The fraction of sp³-hybridized carbons (Fsp3) is 0.150. The van der Waals surface area contributed by atoms with Crippen molar-refractivity contribution in [1.82, 2.24) is 9.55 Å². The predicted octanol–water partition coefficient (Wildman–Crippen LogP) is 4.25. The Morgan fingerprint density at radius 3 is 2.60 bits per heavy atom. The number of pyridine rings is 1. The molecule has 0 fully saturated rings. The second kappa shape index (κ2) is 6.73. The predicted molar refractivity (Wildman–Crippen MR) is 98.4 cm³/mol. The van der Waals surface area contributed by atoms with E-state index in [0.717, 1.165) is 34.0 Å². The first-order valence-corrected chi connectivity index (χ1v) is 7.95. The lowest BCUT2D eigenvalue weighted by atomic mass is 10.1. The Kier molecular flexibility index (Phi) is 4.48. The van der Waals surface area contributed by atoms with E-state index in [0.29, 0.717) is 0 Å². The van der Waals surface area contributed by atoms with E-state index >= 15 is 0 Å². The maximum absolute atomic E-state index is 11.0. The second-order valence-corrected chi connectivity index (χ2v) is 5.91. The second-order valence-electron chi connectivity index (χ2n) is 5.91. The number of carboxylic acid groups (broad SMARTS) is 1. The van der Waals surface area contributed by atoms with Crippen LogP contribution in [0.15, 0.2) is 53.7 Å². The van der Waals surface area contributed by atoms with E-state index in [1.807, 2.05) is 45.2 Å². The van der Waals surface area contributed by atoms with Gasteiger partial charge in [0.05, 0.1) is 11.3 Å². The zero-order valence-electron chi connectivity index (χ0n) is 14.4. The molecule has 5 heteroatoms. The van der Waals surface area contributed by atoms with Gasteiger partial charge in [-0.15, -0.1) is 0 Å². The fourth-order valence-corrected chi connectivity index (χ4v) is 2.83. The van der Waals surface area contributed by atoms with Crippen LogP contribution in [-0.4, -0.2) is 26.8 Å². The summed E-state index contributed by atoms with van der Waals surface area (Å²) in [6, 6.07) is 12.8. The molecule has 0 aliphatic heterocycles. The Bertz CT molecular complexity index is 957. The van der Waals surface area contributed by atoms with Gasteiger partial charge in [0.1, 0.15) is 5.82 Å². The minimum atomic E-state index is -0.933. The van der Waals surface area contributed by atoms with Crippen molar-refractivity contribution >= 4 is 17.9 Å². The molecule has 0 unspecified atom stereocenters. The van der Waals surface area contributed by atoms with Crippen molar-refractivity contribution in [1.29, 1.82) is 0 Å². The summed E-state index contributed by atoms with van der Waals surface area (Å²) in [7, 11) is 0. The van der Waals surface area contributed by atoms with Crippen molar-refractivity contribution in [3.8, 4) is 5.82 Å². The molecule has 0 amide bonds. The third kappa shape index (κ3) is 3.35. The number of hydrogen-bond donors (Lipinski definition) is 1. The van der Waals surface area contributed by atoms with Gasteiger partial charge in [-0.2, -0.15) is 0 Å². The van der Waals surface area contributed by atoms with E-state index < -0.39 is 5.97 Å². The molecule has 25 heavy (non-hydrogen) atoms. The highest BCUT2D eigenvalue weighted by atomic mass is 16.4. The molecular formula is C20H19N3O2. The zero-order chi connectivity index (χ0) is 18.0. The topological polar surface area (TPSA) is 67.5 Å². The van der Waals surface area contributed by atoms with Crippen LogP contribution >= 0.6 is 0 Å². The minimum absolute atomic E-state index is 0.268. The Labute approximate surface area is 146 Å². The van der Waals surface area contributed by atoms with Crippen molar-refractivity contribution in [3.63, 3.8) is 0 Å². The van der Waals surface area contributed by atoms with Gasteiger partial charge in [-0.25, -0.2) is 9.78 Å². The molecule has 0 bridgehead atoms. The van der Waals surface area contributed by atoms with Gasteiger partial charge in [-0.3, -0.25) is 4.99 Å². The summed E-state index contributed by atoms with van der Waals surface area (Å²) in [6.07, 6.45) is 3.58. The Hall–Kier alpha value is -3.21. The van der Waals surface area contributed by atoms with Crippen molar-refractivity contribution in [2.75, 3.05) is 0 Å². The summed E-state index contributed by atoms with van der Waals surface area (Å²) in [4.78, 5) is 20.0. The Morgan fingerprint density at radius 2 is 1.96 bits per heavy atom. The molecule has 1 aromatic carbocycles. The van der Waals surface area contributed by atoms with Crippen molar-refractivity contribution < 1.29 is 9.90 Å². The number of nitrogens with zero attached hydrogens (tertiary/aromatic N) is 3. The first-order valence-electron chi connectivity index (χ1n) is 7.95. The molecule has 2 heterocycles. The maximum Gasteiger partial charge on any atom is 0.335 e. The maximum atomic E-state index is 11.0. The molecule has 5 nitrogen and oxygen atoms in total. The molecule has 0 aliphatic rings. The van der Waals surface area contributed by atoms with E-state index in [-0.39, 0.29) is 5.56 Å². The van der Waals surface area contributed by atoms with Gasteiger partial charge in [0.15, 0.2) is 0 Å². The summed E-state index contributed by atoms with van der Waals surface area (Å²) in [6.45, 7) is 5.92. The number of carboxylic acids is 1. The number of aryl methyl sites for hydroxylation is 2. The van der Waals surface area contributed by atoms with Gasteiger partial charge in [-0.1, -0.05) is 6.07 Å². The SMILES string of the molecule is Cc1cc(C(=O)O)ccc1N=Cc1cc(C)n(-c2ccccn2)c1C. The third-order valence-electron chi connectivity index (χ3n) is 4.14. The Balaban J connectivity index is 1.94. The summed E-state index contributed by atoms with van der Waals surface area (Å²) in [5.74, 6) is -0.0586. The van der Waals surface area contributed by atoms with Gasteiger partial charge in [-0.05, 0) is 62.7 Å². The minimum Gasteiger partial charge on any atom is -0.478 e. The molecule has 0 atom stereocenters. The third-order valence-corrected chi connectivity index (χ3v) is 4.14.